The Morgan fingerprint density at radius 1 is 1.72 bits per heavy atom. The van der Waals surface area contributed by atoms with Crippen molar-refractivity contribution in [3.63, 3.8) is 0 Å². The standard InChI is InChI=1S/C9H11ClN4O3S/c1-12-5-17-6-13(8(12)4-14(15)16)3-7-2-11-9(10)18-7/h2,4H,3,5-6H2,1H3/b8-4+. The molecular formula is C9H11ClN4O3S. The van der Waals surface area contributed by atoms with Crippen molar-refractivity contribution in [3.8, 4) is 0 Å². The molecule has 2 rings (SSSR count). The molecule has 0 bridgehead atoms. The minimum absolute atomic E-state index is 0.305. The fraction of sp³-hybridized carbons (Fsp3) is 0.444. The van der Waals surface area contributed by atoms with Gasteiger partial charge in [-0.2, -0.15) is 0 Å². The van der Waals surface area contributed by atoms with E-state index in [4.69, 9.17) is 16.3 Å². The van der Waals surface area contributed by atoms with Crippen LogP contribution < -0.4 is 0 Å². The number of ether oxygens (including phenoxy) is 1. The molecule has 0 aliphatic carbocycles. The van der Waals surface area contributed by atoms with E-state index in [1.54, 1.807) is 23.0 Å². The van der Waals surface area contributed by atoms with Crippen molar-refractivity contribution >= 4 is 22.9 Å². The average molecular weight is 291 g/mol. The van der Waals surface area contributed by atoms with Gasteiger partial charge in [-0.05, 0) is 0 Å². The smallest absolute Gasteiger partial charge is 0.274 e. The lowest BCUT2D eigenvalue weighted by molar-refractivity contribution is -0.406. The summed E-state index contributed by atoms with van der Waals surface area (Å²) in [6.45, 7) is 1.12. The summed E-state index contributed by atoms with van der Waals surface area (Å²) in [4.78, 5) is 18.4. The molecule has 1 aromatic heterocycles. The van der Waals surface area contributed by atoms with E-state index >= 15 is 0 Å². The van der Waals surface area contributed by atoms with Crippen LogP contribution in [-0.2, 0) is 11.3 Å². The van der Waals surface area contributed by atoms with Crippen LogP contribution in [0.3, 0.4) is 0 Å². The maximum atomic E-state index is 10.6. The number of rotatable bonds is 3. The van der Waals surface area contributed by atoms with E-state index in [0.717, 1.165) is 11.1 Å². The molecule has 18 heavy (non-hydrogen) atoms. The molecule has 0 unspecified atom stereocenters. The van der Waals surface area contributed by atoms with Crippen molar-refractivity contribution < 1.29 is 9.66 Å². The summed E-state index contributed by atoms with van der Waals surface area (Å²) in [5, 5.41) is 10.6. The minimum Gasteiger partial charge on any atom is -0.341 e. The summed E-state index contributed by atoms with van der Waals surface area (Å²) in [6.07, 6.45) is 2.64. The quantitative estimate of drug-likeness (QED) is 0.621. The zero-order valence-corrected chi connectivity index (χ0v) is 11.1. The summed E-state index contributed by atoms with van der Waals surface area (Å²) >= 11 is 7.10. The Balaban J connectivity index is 2.15. The Morgan fingerprint density at radius 2 is 2.50 bits per heavy atom. The minimum atomic E-state index is -0.468. The summed E-state index contributed by atoms with van der Waals surface area (Å²) in [5.74, 6) is 0.510. The molecule has 1 aliphatic heterocycles. The number of hydrogen-bond acceptors (Lipinski definition) is 7. The van der Waals surface area contributed by atoms with Crippen LogP contribution >= 0.6 is 22.9 Å². The van der Waals surface area contributed by atoms with Crippen molar-refractivity contribution in [2.24, 2.45) is 0 Å². The third-order valence-corrected chi connectivity index (χ3v) is 3.44. The number of thiazole rings is 1. The van der Waals surface area contributed by atoms with Gasteiger partial charge in [-0.1, -0.05) is 11.6 Å². The van der Waals surface area contributed by atoms with Crippen molar-refractivity contribution in [2.45, 2.75) is 6.54 Å². The van der Waals surface area contributed by atoms with Crippen molar-refractivity contribution in [3.05, 3.63) is 37.7 Å². The highest BCUT2D eigenvalue weighted by Crippen LogP contribution is 2.23. The third kappa shape index (κ3) is 3.09. The van der Waals surface area contributed by atoms with Crippen molar-refractivity contribution in [1.29, 1.82) is 0 Å². The van der Waals surface area contributed by atoms with E-state index < -0.39 is 4.92 Å². The summed E-state index contributed by atoms with van der Waals surface area (Å²) in [5.41, 5.74) is 0. The van der Waals surface area contributed by atoms with Crippen LogP contribution in [0.25, 0.3) is 0 Å². The second-order valence-electron chi connectivity index (χ2n) is 3.71. The Labute approximate surface area is 112 Å². The predicted octanol–water partition coefficient (Wildman–Crippen LogP) is 1.55. The molecule has 1 aliphatic rings. The van der Waals surface area contributed by atoms with E-state index in [2.05, 4.69) is 4.98 Å². The first-order valence-electron chi connectivity index (χ1n) is 5.05. The largest absolute Gasteiger partial charge is 0.341 e. The van der Waals surface area contributed by atoms with Gasteiger partial charge in [0.15, 0.2) is 10.3 Å². The fourth-order valence-electron chi connectivity index (χ4n) is 1.61. The summed E-state index contributed by atoms with van der Waals surface area (Å²) < 4.78 is 5.78. The normalized spacial score (nSPS) is 18.4. The predicted molar refractivity (Wildman–Crippen MR) is 66.3 cm³/mol. The monoisotopic (exact) mass is 290 g/mol. The van der Waals surface area contributed by atoms with Gasteiger partial charge in [-0.25, -0.2) is 4.98 Å². The highest BCUT2D eigenvalue weighted by Gasteiger charge is 2.23. The van der Waals surface area contributed by atoms with Crippen molar-refractivity contribution in [2.75, 3.05) is 20.5 Å². The first-order valence-corrected chi connectivity index (χ1v) is 6.25. The Bertz CT molecular complexity index is 478. The van der Waals surface area contributed by atoms with Crippen LogP contribution in [0.4, 0.5) is 0 Å². The highest BCUT2D eigenvalue weighted by molar-refractivity contribution is 7.15. The second-order valence-corrected chi connectivity index (χ2v) is 5.41. The van der Waals surface area contributed by atoms with Crippen LogP contribution in [0.5, 0.6) is 0 Å². The van der Waals surface area contributed by atoms with Gasteiger partial charge in [-0.15, -0.1) is 11.3 Å². The molecule has 0 N–H and O–H groups in total. The van der Waals surface area contributed by atoms with E-state index in [-0.39, 0.29) is 0 Å². The number of nitrogens with zero attached hydrogens (tertiary/aromatic N) is 4. The van der Waals surface area contributed by atoms with Gasteiger partial charge in [0.2, 0.25) is 0 Å². The molecule has 0 amide bonds. The van der Waals surface area contributed by atoms with Crippen LogP contribution in [0, 0.1) is 10.1 Å². The molecule has 1 fully saturated rings. The Hall–Kier alpha value is -1.38. The van der Waals surface area contributed by atoms with Gasteiger partial charge in [-0.3, -0.25) is 10.1 Å². The first kappa shape index (κ1) is 13.1. The topological polar surface area (TPSA) is 71.7 Å². The van der Waals surface area contributed by atoms with E-state index in [9.17, 15) is 10.1 Å². The highest BCUT2D eigenvalue weighted by atomic mass is 35.5. The molecule has 0 aromatic carbocycles. The molecule has 0 spiro atoms. The maximum absolute atomic E-state index is 10.6. The van der Waals surface area contributed by atoms with E-state index in [1.165, 1.54) is 11.3 Å². The fourth-order valence-corrected chi connectivity index (χ4v) is 2.60. The number of aromatic nitrogens is 1. The molecule has 9 heteroatoms. The van der Waals surface area contributed by atoms with Gasteiger partial charge in [0, 0.05) is 18.1 Å². The number of halogens is 1. The number of hydrogen-bond donors (Lipinski definition) is 0. The first-order chi connectivity index (χ1) is 8.56. The molecule has 1 saturated heterocycles. The summed E-state index contributed by atoms with van der Waals surface area (Å²) in [6, 6.07) is 0. The van der Waals surface area contributed by atoms with E-state index in [0.29, 0.717) is 30.3 Å². The molecule has 0 saturated carbocycles. The van der Waals surface area contributed by atoms with Crippen LogP contribution in [-0.4, -0.2) is 40.2 Å². The van der Waals surface area contributed by atoms with E-state index in [1.807, 2.05) is 0 Å². The molecule has 98 valence electrons. The Kier molecular flexibility index (Phi) is 4.00. The number of nitro groups is 1. The molecule has 0 atom stereocenters. The maximum Gasteiger partial charge on any atom is 0.274 e. The van der Waals surface area contributed by atoms with Gasteiger partial charge in [0.1, 0.15) is 13.5 Å². The van der Waals surface area contributed by atoms with Crippen molar-refractivity contribution in [1.82, 2.24) is 14.8 Å². The molecular weight excluding hydrogens is 280 g/mol. The zero-order chi connectivity index (χ0) is 13.1. The summed E-state index contributed by atoms with van der Waals surface area (Å²) in [7, 11) is 1.74. The average Bonchev–Trinajstić information content (AvgIpc) is 2.69. The molecule has 2 heterocycles. The van der Waals surface area contributed by atoms with Gasteiger partial charge in [0.25, 0.3) is 6.20 Å². The second kappa shape index (κ2) is 5.51. The van der Waals surface area contributed by atoms with Gasteiger partial charge >= 0.3 is 0 Å². The third-order valence-electron chi connectivity index (χ3n) is 2.34. The lowest BCUT2D eigenvalue weighted by Gasteiger charge is -2.36. The lowest BCUT2D eigenvalue weighted by Crippen LogP contribution is -2.41. The van der Waals surface area contributed by atoms with Crippen LogP contribution in [0.15, 0.2) is 18.2 Å². The van der Waals surface area contributed by atoms with Gasteiger partial charge in [0.05, 0.1) is 11.5 Å². The molecule has 1 aromatic rings. The Morgan fingerprint density at radius 3 is 3.11 bits per heavy atom. The zero-order valence-electron chi connectivity index (χ0n) is 9.58. The van der Waals surface area contributed by atoms with Crippen LogP contribution in [0.1, 0.15) is 4.88 Å². The van der Waals surface area contributed by atoms with Crippen LogP contribution in [0.2, 0.25) is 4.47 Å². The lowest BCUT2D eigenvalue weighted by atomic mass is 10.4. The van der Waals surface area contributed by atoms with Gasteiger partial charge < -0.3 is 14.5 Å². The molecule has 7 nitrogen and oxygen atoms in total. The SMILES string of the molecule is CN1COCN(Cc2cnc(Cl)s2)/C1=C/[N+](=O)[O-]. The molecule has 0 radical (unpaired) electrons.